The molecule has 1 aromatic rings. The Morgan fingerprint density at radius 3 is 2.40 bits per heavy atom. The largest absolute Gasteiger partial charge is 0.416 e. The van der Waals surface area contributed by atoms with E-state index in [1.54, 1.807) is 7.05 Å². The van der Waals surface area contributed by atoms with Gasteiger partial charge in [0.05, 0.1) is 11.6 Å². The third-order valence-electron chi connectivity index (χ3n) is 3.80. The first-order chi connectivity index (χ1) is 9.34. The average Bonchev–Trinajstić information content (AvgIpc) is 2.41. The van der Waals surface area contributed by atoms with Crippen molar-refractivity contribution in [3.05, 3.63) is 35.4 Å². The molecular weight excluding hydrogens is 271 g/mol. The van der Waals surface area contributed by atoms with E-state index < -0.39 is 11.7 Å². The highest BCUT2D eigenvalue weighted by atomic mass is 19.4. The van der Waals surface area contributed by atoms with Crippen LogP contribution < -0.4 is 0 Å². The first-order valence-electron chi connectivity index (χ1n) is 6.38. The molecule has 2 rings (SSSR count). The van der Waals surface area contributed by atoms with E-state index in [1.165, 1.54) is 17.0 Å². The van der Waals surface area contributed by atoms with Crippen molar-refractivity contribution in [1.29, 1.82) is 0 Å². The molecule has 0 bridgehead atoms. The number of aliphatic hydroxyl groups is 1. The van der Waals surface area contributed by atoms with Crippen LogP contribution in [0.25, 0.3) is 0 Å². The SMILES string of the molecule is CN1C(=O)CC[C@H](CO)[C@H]1c1ccc(C(F)(F)F)cc1. The molecule has 0 radical (unpaired) electrons. The van der Waals surface area contributed by atoms with Gasteiger partial charge in [0.15, 0.2) is 0 Å². The van der Waals surface area contributed by atoms with Crippen molar-refractivity contribution in [2.24, 2.45) is 5.92 Å². The Labute approximate surface area is 115 Å². The van der Waals surface area contributed by atoms with Gasteiger partial charge in [-0.25, -0.2) is 0 Å². The molecule has 0 aliphatic carbocycles. The van der Waals surface area contributed by atoms with Gasteiger partial charge in [0.2, 0.25) is 5.91 Å². The van der Waals surface area contributed by atoms with E-state index in [2.05, 4.69) is 0 Å². The predicted molar refractivity (Wildman–Crippen MR) is 66.8 cm³/mol. The maximum atomic E-state index is 12.5. The van der Waals surface area contributed by atoms with Crippen molar-refractivity contribution in [1.82, 2.24) is 4.90 Å². The van der Waals surface area contributed by atoms with Crippen LogP contribution in [0.1, 0.15) is 30.0 Å². The van der Waals surface area contributed by atoms with E-state index in [9.17, 15) is 23.1 Å². The molecule has 110 valence electrons. The van der Waals surface area contributed by atoms with Crippen LogP contribution >= 0.6 is 0 Å². The molecule has 2 atom stereocenters. The number of benzene rings is 1. The lowest BCUT2D eigenvalue weighted by molar-refractivity contribution is -0.139. The number of amides is 1. The van der Waals surface area contributed by atoms with E-state index in [0.29, 0.717) is 18.4 Å². The van der Waals surface area contributed by atoms with E-state index in [-0.39, 0.29) is 24.5 Å². The van der Waals surface area contributed by atoms with E-state index in [1.807, 2.05) is 0 Å². The Morgan fingerprint density at radius 1 is 1.30 bits per heavy atom. The van der Waals surface area contributed by atoms with Crippen LogP contribution in [0, 0.1) is 5.92 Å². The molecule has 3 nitrogen and oxygen atoms in total. The molecule has 6 heteroatoms. The highest BCUT2D eigenvalue weighted by Gasteiger charge is 2.35. The Hall–Kier alpha value is -1.56. The summed E-state index contributed by atoms with van der Waals surface area (Å²) in [5.74, 6) is -0.200. The third-order valence-corrected chi connectivity index (χ3v) is 3.80. The maximum absolute atomic E-state index is 12.5. The summed E-state index contributed by atoms with van der Waals surface area (Å²) in [7, 11) is 1.62. The predicted octanol–water partition coefficient (Wildman–Crippen LogP) is 2.61. The quantitative estimate of drug-likeness (QED) is 0.908. The Kier molecular flexibility index (Phi) is 4.04. The summed E-state index contributed by atoms with van der Waals surface area (Å²) in [6.07, 6.45) is -3.46. The smallest absolute Gasteiger partial charge is 0.396 e. The van der Waals surface area contributed by atoms with Gasteiger partial charge < -0.3 is 10.0 Å². The molecule has 1 amide bonds. The molecule has 0 aromatic heterocycles. The number of halogens is 3. The van der Waals surface area contributed by atoms with E-state index in [4.69, 9.17) is 0 Å². The monoisotopic (exact) mass is 287 g/mol. The molecular formula is C14H16F3NO2. The fraction of sp³-hybridized carbons (Fsp3) is 0.500. The molecule has 1 aliphatic rings. The van der Waals surface area contributed by atoms with Crippen molar-refractivity contribution >= 4 is 5.91 Å². The first-order valence-corrected chi connectivity index (χ1v) is 6.38. The highest BCUT2D eigenvalue weighted by Crippen LogP contribution is 2.37. The Morgan fingerprint density at radius 2 is 1.90 bits per heavy atom. The second kappa shape index (κ2) is 5.44. The summed E-state index contributed by atoms with van der Waals surface area (Å²) in [4.78, 5) is 13.2. The van der Waals surface area contributed by atoms with Crippen molar-refractivity contribution < 1.29 is 23.1 Å². The van der Waals surface area contributed by atoms with Crippen molar-refractivity contribution in [3.63, 3.8) is 0 Å². The second-order valence-corrected chi connectivity index (χ2v) is 5.05. The number of likely N-dealkylation sites (tertiary alicyclic amines) is 1. The first kappa shape index (κ1) is 14.8. The van der Waals surface area contributed by atoms with Crippen molar-refractivity contribution in [2.45, 2.75) is 25.1 Å². The number of aliphatic hydroxyl groups excluding tert-OH is 1. The minimum Gasteiger partial charge on any atom is -0.396 e. The molecule has 1 N–H and O–H groups in total. The Balaban J connectivity index is 2.30. The number of piperidine rings is 1. The molecule has 0 unspecified atom stereocenters. The normalized spacial score (nSPS) is 24.1. The molecule has 1 aliphatic heterocycles. The minimum atomic E-state index is -4.37. The fourth-order valence-electron chi connectivity index (χ4n) is 2.67. The zero-order valence-corrected chi connectivity index (χ0v) is 11.0. The van der Waals surface area contributed by atoms with E-state index >= 15 is 0 Å². The zero-order valence-electron chi connectivity index (χ0n) is 11.0. The highest BCUT2D eigenvalue weighted by molar-refractivity contribution is 5.77. The number of nitrogens with zero attached hydrogens (tertiary/aromatic N) is 1. The summed E-state index contributed by atoms with van der Waals surface area (Å²) >= 11 is 0. The van der Waals surface area contributed by atoms with Crippen molar-refractivity contribution in [3.8, 4) is 0 Å². The summed E-state index contributed by atoms with van der Waals surface area (Å²) in [5, 5.41) is 9.39. The molecule has 1 aromatic carbocycles. The number of alkyl halides is 3. The molecule has 0 spiro atoms. The number of hydrogen-bond donors (Lipinski definition) is 1. The van der Waals surface area contributed by atoms with Crippen LogP contribution in [0.3, 0.4) is 0 Å². The molecule has 1 fully saturated rings. The van der Waals surface area contributed by atoms with Crippen LogP contribution in [0.5, 0.6) is 0 Å². The minimum absolute atomic E-state index is 0.0559. The zero-order chi connectivity index (χ0) is 14.9. The van der Waals surface area contributed by atoms with Crippen LogP contribution in [-0.4, -0.2) is 29.6 Å². The number of rotatable bonds is 2. The fourth-order valence-corrected chi connectivity index (χ4v) is 2.67. The number of hydrogen-bond acceptors (Lipinski definition) is 2. The standard InChI is InChI=1S/C14H16F3NO2/c1-18-12(20)7-4-10(8-19)13(18)9-2-5-11(6-3-9)14(15,16)17/h2-3,5-6,10,13,19H,4,7-8H2,1H3/t10-,13-/m1/s1. The summed E-state index contributed by atoms with van der Waals surface area (Å²) in [6.45, 7) is -0.0939. The lowest BCUT2D eigenvalue weighted by Crippen LogP contribution is -2.41. The van der Waals surface area contributed by atoms with Crippen LogP contribution in [0.2, 0.25) is 0 Å². The van der Waals surface area contributed by atoms with E-state index in [0.717, 1.165) is 12.1 Å². The van der Waals surface area contributed by atoms with Gasteiger partial charge in [0.25, 0.3) is 0 Å². The van der Waals surface area contributed by atoms with Gasteiger partial charge in [-0.2, -0.15) is 13.2 Å². The van der Waals surface area contributed by atoms with Gasteiger partial charge in [0.1, 0.15) is 0 Å². The van der Waals surface area contributed by atoms with Gasteiger partial charge >= 0.3 is 6.18 Å². The van der Waals surface area contributed by atoms with Crippen LogP contribution in [0.15, 0.2) is 24.3 Å². The van der Waals surface area contributed by atoms with Gasteiger partial charge in [-0.15, -0.1) is 0 Å². The molecule has 1 heterocycles. The summed E-state index contributed by atoms with van der Waals surface area (Å²) < 4.78 is 37.6. The summed E-state index contributed by atoms with van der Waals surface area (Å²) in [5.41, 5.74) is -0.0980. The lowest BCUT2D eigenvalue weighted by Gasteiger charge is -2.38. The topological polar surface area (TPSA) is 40.5 Å². The second-order valence-electron chi connectivity index (χ2n) is 5.05. The van der Waals surface area contributed by atoms with Crippen LogP contribution in [0.4, 0.5) is 13.2 Å². The van der Waals surface area contributed by atoms with Crippen LogP contribution in [-0.2, 0) is 11.0 Å². The van der Waals surface area contributed by atoms with Crippen molar-refractivity contribution in [2.75, 3.05) is 13.7 Å². The maximum Gasteiger partial charge on any atom is 0.416 e. The average molecular weight is 287 g/mol. The molecule has 0 saturated carbocycles. The number of carbonyl (C=O) groups excluding carboxylic acids is 1. The third kappa shape index (κ3) is 2.80. The molecule has 1 saturated heterocycles. The Bertz CT molecular complexity index is 484. The van der Waals surface area contributed by atoms with Gasteiger partial charge in [-0.05, 0) is 24.1 Å². The molecule has 20 heavy (non-hydrogen) atoms. The lowest BCUT2D eigenvalue weighted by atomic mass is 9.85. The number of carbonyl (C=O) groups is 1. The van der Waals surface area contributed by atoms with Gasteiger partial charge in [0, 0.05) is 26.0 Å². The summed E-state index contributed by atoms with van der Waals surface area (Å²) in [6, 6.07) is 4.41. The van der Waals surface area contributed by atoms with Gasteiger partial charge in [-0.1, -0.05) is 12.1 Å². The van der Waals surface area contributed by atoms with Gasteiger partial charge in [-0.3, -0.25) is 4.79 Å².